The minimum Gasteiger partial charge on any atom is -0.458 e. The third-order valence-electron chi connectivity index (χ3n) is 31.7. The summed E-state index contributed by atoms with van der Waals surface area (Å²) >= 11 is 1.74. The molecule has 6 aliphatic heterocycles. The molecule has 9 heterocycles. The van der Waals surface area contributed by atoms with Crippen LogP contribution in [-0.2, 0) is 65.0 Å². The van der Waals surface area contributed by atoms with Gasteiger partial charge in [0.15, 0.2) is 0 Å². The summed E-state index contributed by atoms with van der Waals surface area (Å²) in [6.07, 6.45) is 2.25. The van der Waals surface area contributed by atoms with Gasteiger partial charge in [0.2, 0.25) is 0 Å². The van der Waals surface area contributed by atoms with Gasteiger partial charge in [-0.2, -0.15) is 0 Å². The van der Waals surface area contributed by atoms with Gasteiger partial charge >= 0.3 is 0 Å². The van der Waals surface area contributed by atoms with Crippen LogP contribution in [-0.4, -0.2) is 40.1 Å². The van der Waals surface area contributed by atoms with Crippen molar-refractivity contribution in [3.63, 3.8) is 0 Å². The van der Waals surface area contributed by atoms with E-state index in [0.717, 1.165) is 130 Å². The summed E-state index contributed by atoms with van der Waals surface area (Å²) in [5.74, 6) is 6.50. The molecule has 1 N–H and O–H groups in total. The highest BCUT2D eigenvalue weighted by Crippen LogP contribution is 2.55. The van der Waals surface area contributed by atoms with Crippen molar-refractivity contribution in [1.29, 1.82) is 0 Å². The van der Waals surface area contributed by atoms with Crippen LogP contribution in [0.1, 0.15) is 316 Å². The molecule has 0 unspecified atom stereocenters. The fraction of sp³-hybridized carbons (Fsp3) is 0.386. The van der Waals surface area contributed by atoms with Crippen LogP contribution in [0, 0.1) is 0 Å². The van der Waals surface area contributed by atoms with Crippen LogP contribution in [0.15, 0.2) is 182 Å². The normalized spacial score (nSPS) is 14.9. The highest BCUT2D eigenvalue weighted by atomic mass is 32.2. The number of hydrogen-bond donors (Lipinski definition) is 1. The van der Waals surface area contributed by atoms with Crippen LogP contribution in [0.3, 0.4) is 0 Å². The number of aromatic nitrogens is 3. The molecular weight excluding hydrogens is 1720 g/mol. The monoisotopic (exact) mass is 1870 g/mol. The van der Waals surface area contributed by atoms with E-state index in [9.17, 15) is 0 Å². The number of rotatable bonds is 4. The second kappa shape index (κ2) is 29.9. The lowest BCUT2D eigenvalue weighted by Crippen LogP contribution is -2.64. The summed E-state index contributed by atoms with van der Waals surface area (Å²) in [5, 5.41) is 11.9. The van der Waals surface area contributed by atoms with Crippen LogP contribution in [0.5, 0.6) is 46.0 Å². The average Bonchev–Trinajstić information content (AvgIpc) is 0.870. The predicted octanol–water partition coefficient (Wildman–Crippen LogP) is 29.3. The van der Waals surface area contributed by atoms with Crippen molar-refractivity contribution in [1.82, 2.24) is 13.7 Å². The van der Waals surface area contributed by atoms with Crippen LogP contribution >= 0.6 is 11.9 Å². The standard InChI is InChI=1S/C127H142B3N5O4S/c1-116(2,3)68-46-77-78-47-69(117(4,5)6)53-84(123(22,23)24)111(78)132(110(77)83(52-68)122(19,20)21)74-58-96-107-103(60-74)136-99-44-40-38-42-89(99)128(107)91-64-93-101(66-95(91)131-96)138-105-62-76(134-114-81(50-72(120(13,14)15)56-87(114)126(31,32)33)82-51-73(121(16,17)18)57-88(115(82)134)127(34,35)36)63-106-109(105)130(93)94-65-92-97(67-102(94)139-106)135(140-37)98-59-75(61-104-108(98)129(92)90-43-39-41-45-100(90)137-104)133-112-79(48-70(118(7,8)9)54-85(112)124(25,26)27)80-49-71(119(10,11)12)55-86(113(80)133)125(28,29)30/h38-67,131H,1-37H3. The Balaban J connectivity index is 0.817. The Morgan fingerprint density at radius 3 is 0.814 bits per heavy atom. The third kappa shape index (κ3) is 14.4. The largest absolute Gasteiger partial charge is 0.458 e. The Hall–Kier alpha value is -11.4. The van der Waals surface area contributed by atoms with Gasteiger partial charge in [-0.25, -0.2) is 0 Å². The molecular formula is C127H142B3N5O4S. The van der Waals surface area contributed by atoms with E-state index in [4.69, 9.17) is 18.9 Å². The van der Waals surface area contributed by atoms with Crippen LogP contribution in [0.2, 0.25) is 0 Å². The second-order valence-corrected chi connectivity index (χ2v) is 55.2. The molecule has 6 aliphatic rings. The molecule has 22 rings (SSSR count). The van der Waals surface area contributed by atoms with Crippen molar-refractivity contribution < 1.29 is 18.9 Å². The smallest absolute Gasteiger partial charge is 0.260 e. The maximum Gasteiger partial charge on any atom is 0.260 e. The first-order valence-corrected chi connectivity index (χ1v) is 52.6. The summed E-state index contributed by atoms with van der Waals surface area (Å²) in [5.41, 5.74) is 38.0. The molecule has 140 heavy (non-hydrogen) atoms. The molecule has 0 bridgehead atoms. The van der Waals surface area contributed by atoms with E-state index < -0.39 is 6.71 Å². The Bertz CT molecular complexity index is 7870. The summed E-state index contributed by atoms with van der Waals surface area (Å²) in [7, 11) is 0. The van der Waals surface area contributed by atoms with Gasteiger partial charge in [0, 0.05) is 91.8 Å². The van der Waals surface area contributed by atoms with Gasteiger partial charge < -0.3 is 38.0 Å². The lowest BCUT2D eigenvalue weighted by Gasteiger charge is -2.41. The van der Waals surface area contributed by atoms with Crippen molar-refractivity contribution >= 4 is 169 Å². The summed E-state index contributed by atoms with van der Waals surface area (Å²) in [6, 6.07) is 72.3. The van der Waals surface area contributed by atoms with Gasteiger partial charge in [-0.05, 0) is 248 Å². The van der Waals surface area contributed by atoms with Crippen LogP contribution in [0.25, 0.3) is 82.5 Å². The number of benzene rings is 13. The van der Waals surface area contributed by atoms with Crippen molar-refractivity contribution in [3.05, 3.63) is 249 Å². The van der Waals surface area contributed by atoms with E-state index in [1.54, 1.807) is 11.9 Å². The maximum absolute atomic E-state index is 8.16. The number of para-hydroxylation sites is 2. The first kappa shape index (κ1) is 93.6. The number of nitrogens with zero attached hydrogens (tertiary/aromatic N) is 4. The van der Waals surface area contributed by atoms with Gasteiger partial charge in [0.25, 0.3) is 20.1 Å². The van der Waals surface area contributed by atoms with E-state index in [0.29, 0.717) is 0 Å². The Morgan fingerprint density at radius 2 is 0.493 bits per heavy atom. The lowest BCUT2D eigenvalue weighted by atomic mass is 9.30. The molecule has 3 aromatic heterocycles. The first-order chi connectivity index (χ1) is 64.9. The molecule has 0 atom stereocenters. The number of anilines is 4. The zero-order chi connectivity index (χ0) is 100. The van der Waals surface area contributed by atoms with Gasteiger partial charge in [0.1, 0.15) is 46.0 Å². The maximum atomic E-state index is 8.16. The molecule has 0 aliphatic carbocycles. The highest BCUT2D eigenvalue weighted by molar-refractivity contribution is 8.00. The summed E-state index contributed by atoms with van der Waals surface area (Å²) in [4.78, 5) is 0. The predicted molar refractivity (Wildman–Crippen MR) is 606 cm³/mol. The Kier molecular flexibility index (Phi) is 20.0. The summed E-state index contributed by atoms with van der Waals surface area (Å²) in [6.45, 7) is 84.8. The number of hydrogen-bond acceptors (Lipinski definition) is 7. The zero-order valence-corrected chi connectivity index (χ0v) is 91.2. The molecule has 16 aromatic rings. The van der Waals surface area contributed by atoms with Crippen molar-refractivity contribution in [2.24, 2.45) is 0 Å². The Morgan fingerprint density at radius 1 is 0.221 bits per heavy atom. The molecule has 0 amide bonds. The van der Waals surface area contributed by atoms with Gasteiger partial charge in [-0.3, -0.25) is 4.31 Å². The highest BCUT2D eigenvalue weighted by Gasteiger charge is 2.51. The van der Waals surface area contributed by atoms with Crippen LogP contribution in [0.4, 0.5) is 22.7 Å². The van der Waals surface area contributed by atoms with Crippen molar-refractivity contribution in [2.45, 2.75) is 314 Å². The van der Waals surface area contributed by atoms with E-state index >= 15 is 0 Å². The molecule has 714 valence electrons. The fourth-order valence-electron chi connectivity index (χ4n) is 23.9. The number of nitrogens with one attached hydrogen (secondary N) is 1. The van der Waals surface area contributed by atoms with Crippen molar-refractivity contribution in [2.75, 3.05) is 15.9 Å². The molecule has 0 radical (unpaired) electrons. The van der Waals surface area contributed by atoms with E-state index in [1.165, 1.54) is 138 Å². The van der Waals surface area contributed by atoms with E-state index in [-0.39, 0.29) is 78.4 Å². The molecule has 13 aromatic carbocycles. The van der Waals surface area contributed by atoms with Gasteiger partial charge in [-0.15, -0.1) is 0 Å². The third-order valence-corrected chi connectivity index (χ3v) is 32.5. The quantitative estimate of drug-likeness (QED) is 0.139. The summed E-state index contributed by atoms with van der Waals surface area (Å²) < 4.78 is 41.9. The number of ether oxygens (including phenoxy) is 4. The average molecular weight is 1870 g/mol. The second-order valence-electron chi connectivity index (χ2n) is 54.5. The Labute approximate surface area is 838 Å². The molecule has 0 spiro atoms. The van der Waals surface area contributed by atoms with Crippen LogP contribution < -0.4 is 77.7 Å². The topological polar surface area (TPSA) is 67.0 Å². The van der Waals surface area contributed by atoms with E-state index in [2.05, 4.69) is 461 Å². The zero-order valence-electron chi connectivity index (χ0n) is 90.4. The number of fused-ring (bicyclic) bond motifs is 21. The van der Waals surface area contributed by atoms with E-state index in [1.807, 2.05) is 0 Å². The first-order valence-electron chi connectivity index (χ1n) is 51.4. The molecule has 0 fully saturated rings. The minimum atomic E-state index is -0.391. The molecule has 0 saturated heterocycles. The van der Waals surface area contributed by atoms with Gasteiger partial charge in [0.05, 0.1) is 61.5 Å². The molecule has 0 saturated carbocycles. The van der Waals surface area contributed by atoms with Gasteiger partial charge in [-0.1, -0.05) is 334 Å². The molecule has 13 heteroatoms. The molecule has 9 nitrogen and oxygen atoms in total. The van der Waals surface area contributed by atoms with Crippen molar-refractivity contribution in [3.8, 4) is 63.1 Å². The minimum absolute atomic E-state index is 0.117. The lowest BCUT2D eigenvalue weighted by molar-refractivity contribution is 0.464. The SMILES string of the molecule is CSN1c2cc3c(cc2B2c4ccccc4Oc4cc(-n5c6c(C(C)(C)C)cc(C(C)(C)C)cc6c6cc(C(C)(C)C)cc(C(C)(C)C)c65)cc1c42)B1c2cc4c(cc2Oc2cc(-n5c6c(C(C)(C)C)cc(C(C)(C)C)cc6c6cc(C(C)(C)C)cc(C(C)(C)C)c65)cc(c21)O3)Nc1cc(-n2c3c(C(C)(C)C)cc(C(C)(C)C)cc3c3cc(C(C)(C)C)cc(C(C)(C)C)c32)cc2c1B4c1ccccc1O2. The fourth-order valence-corrected chi connectivity index (χ4v) is 24.6.